The molecule has 2 nitrogen and oxygen atoms in total. The van der Waals surface area contributed by atoms with E-state index in [9.17, 15) is 5.11 Å². The van der Waals surface area contributed by atoms with Gasteiger partial charge in [0.05, 0.1) is 6.61 Å². The largest absolute Gasteiger partial charge is 0.395 e. The van der Waals surface area contributed by atoms with Crippen LogP contribution in [-0.4, -0.2) is 24.8 Å². The van der Waals surface area contributed by atoms with Crippen LogP contribution < -0.4 is 5.32 Å². The van der Waals surface area contributed by atoms with Crippen molar-refractivity contribution in [3.05, 3.63) is 35.2 Å². The van der Waals surface area contributed by atoms with E-state index in [1.54, 1.807) is 11.3 Å². The summed E-state index contributed by atoms with van der Waals surface area (Å²) < 4.78 is 1.30. The summed E-state index contributed by atoms with van der Waals surface area (Å²) in [6, 6.07) is 8.82. The van der Waals surface area contributed by atoms with Crippen LogP contribution in [0.5, 0.6) is 0 Å². The Labute approximate surface area is 106 Å². The van der Waals surface area contributed by atoms with Crippen molar-refractivity contribution in [2.75, 3.05) is 13.7 Å². The first kappa shape index (κ1) is 12.6. The van der Waals surface area contributed by atoms with Gasteiger partial charge in [-0.25, -0.2) is 0 Å². The molecule has 0 amide bonds. The zero-order valence-electron chi connectivity index (χ0n) is 10.5. The molecular weight excluding hydrogens is 230 g/mol. The molecule has 0 spiro atoms. The number of hydrogen-bond donors (Lipinski definition) is 2. The van der Waals surface area contributed by atoms with Crippen LogP contribution in [0.3, 0.4) is 0 Å². The van der Waals surface area contributed by atoms with E-state index in [1.165, 1.54) is 15.6 Å². The Hall–Kier alpha value is -0.900. The lowest BCUT2D eigenvalue weighted by Gasteiger charge is -2.34. The van der Waals surface area contributed by atoms with Crippen LogP contribution in [0.2, 0.25) is 0 Å². The van der Waals surface area contributed by atoms with Gasteiger partial charge < -0.3 is 10.4 Å². The van der Waals surface area contributed by atoms with E-state index >= 15 is 0 Å². The van der Waals surface area contributed by atoms with Crippen LogP contribution in [-0.2, 0) is 5.41 Å². The van der Waals surface area contributed by atoms with Crippen molar-refractivity contribution in [1.29, 1.82) is 0 Å². The van der Waals surface area contributed by atoms with Gasteiger partial charge in [-0.2, -0.15) is 0 Å². The lowest BCUT2D eigenvalue weighted by molar-refractivity contribution is 0.175. The highest BCUT2D eigenvalue weighted by molar-refractivity contribution is 7.17. The fourth-order valence-corrected chi connectivity index (χ4v) is 2.89. The minimum absolute atomic E-state index is 0.144. The van der Waals surface area contributed by atoms with E-state index in [1.807, 2.05) is 7.05 Å². The number of aliphatic hydroxyl groups excluding tert-OH is 1. The van der Waals surface area contributed by atoms with Crippen LogP contribution >= 0.6 is 11.3 Å². The number of likely N-dealkylation sites (N-methyl/N-ethyl adjacent to an activating group) is 1. The minimum atomic E-state index is -0.245. The Morgan fingerprint density at radius 3 is 2.82 bits per heavy atom. The predicted molar refractivity (Wildman–Crippen MR) is 74.8 cm³/mol. The average molecular weight is 249 g/mol. The Kier molecular flexibility index (Phi) is 3.52. The number of fused-ring (bicyclic) bond motifs is 1. The van der Waals surface area contributed by atoms with Gasteiger partial charge in [0.25, 0.3) is 0 Å². The first-order valence-corrected chi connectivity index (χ1v) is 6.75. The van der Waals surface area contributed by atoms with E-state index in [0.717, 1.165) is 0 Å². The zero-order valence-corrected chi connectivity index (χ0v) is 11.3. The number of aliphatic hydroxyl groups is 1. The molecule has 0 aliphatic heterocycles. The van der Waals surface area contributed by atoms with Crippen molar-refractivity contribution in [1.82, 2.24) is 5.32 Å². The lowest BCUT2D eigenvalue weighted by atomic mass is 9.77. The average Bonchev–Trinajstić information content (AvgIpc) is 2.83. The molecule has 2 atom stereocenters. The summed E-state index contributed by atoms with van der Waals surface area (Å²) in [6.45, 7) is 4.35. The Morgan fingerprint density at radius 2 is 2.18 bits per heavy atom. The smallest absolute Gasteiger partial charge is 0.0540 e. The molecule has 0 aliphatic carbocycles. The van der Waals surface area contributed by atoms with Crippen molar-refractivity contribution in [2.45, 2.75) is 25.3 Å². The third-order valence-corrected chi connectivity index (χ3v) is 4.73. The van der Waals surface area contributed by atoms with Gasteiger partial charge in [0.2, 0.25) is 0 Å². The molecule has 2 N–H and O–H groups in total. The summed E-state index contributed by atoms with van der Waals surface area (Å²) >= 11 is 1.75. The summed E-state index contributed by atoms with van der Waals surface area (Å²) in [5.74, 6) is 0. The van der Waals surface area contributed by atoms with Crippen LogP contribution in [0.1, 0.15) is 19.4 Å². The number of benzene rings is 1. The second-order valence-corrected chi connectivity index (χ2v) is 5.71. The lowest BCUT2D eigenvalue weighted by Crippen LogP contribution is -2.45. The molecule has 0 aliphatic rings. The molecule has 92 valence electrons. The molecule has 0 radical (unpaired) electrons. The second-order valence-electron chi connectivity index (χ2n) is 4.76. The molecule has 0 saturated carbocycles. The first-order valence-electron chi connectivity index (χ1n) is 5.87. The molecule has 0 fully saturated rings. The van der Waals surface area contributed by atoms with Crippen LogP contribution in [0.4, 0.5) is 0 Å². The van der Waals surface area contributed by atoms with Crippen molar-refractivity contribution < 1.29 is 5.11 Å². The van der Waals surface area contributed by atoms with Gasteiger partial charge in [0.15, 0.2) is 0 Å². The highest BCUT2D eigenvalue weighted by Gasteiger charge is 2.31. The normalized spacial score (nSPS) is 16.9. The van der Waals surface area contributed by atoms with Gasteiger partial charge in [-0.05, 0) is 48.5 Å². The number of rotatable bonds is 4. The third kappa shape index (κ3) is 2.10. The molecule has 2 rings (SSSR count). The first-order chi connectivity index (χ1) is 8.11. The predicted octanol–water partition coefficient (Wildman–Crippen LogP) is 2.76. The van der Waals surface area contributed by atoms with Crippen LogP contribution in [0.15, 0.2) is 29.6 Å². The summed E-state index contributed by atoms with van der Waals surface area (Å²) in [4.78, 5) is 0. The van der Waals surface area contributed by atoms with Gasteiger partial charge in [-0.1, -0.05) is 13.0 Å². The number of nitrogens with one attached hydrogen (secondary N) is 1. The monoisotopic (exact) mass is 249 g/mol. The molecule has 3 heteroatoms. The maximum absolute atomic E-state index is 9.73. The molecule has 2 unspecified atom stereocenters. The molecule has 1 aromatic heterocycles. The molecular formula is C14H19NOS. The number of hydrogen-bond acceptors (Lipinski definition) is 3. The van der Waals surface area contributed by atoms with E-state index < -0.39 is 0 Å². The van der Waals surface area contributed by atoms with Gasteiger partial charge in [-0.15, -0.1) is 11.3 Å². The molecule has 0 bridgehead atoms. The van der Waals surface area contributed by atoms with Crippen molar-refractivity contribution in [3.8, 4) is 0 Å². The summed E-state index contributed by atoms with van der Waals surface area (Å²) in [5, 5.41) is 16.3. The maximum Gasteiger partial charge on any atom is 0.0540 e. The molecule has 0 saturated heterocycles. The Morgan fingerprint density at radius 1 is 1.41 bits per heavy atom. The van der Waals surface area contributed by atoms with Gasteiger partial charge in [0.1, 0.15) is 0 Å². The fraction of sp³-hybridized carbons (Fsp3) is 0.429. The van der Waals surface area contributed by atoms with Crippen LogP contribution in [0.25, 0.3) is 10.1 Å². The number of thiophene rings is 1. The Balaban J connectivity index is 2.48. The maximum atomic E-state index is 9.73. The van der Waals surface area contributed by atoms with Crippen molar-refractivity contribution in [2.24, 2.45) is 0 Å². The van der Waals surface area contributed by atoms with E-state index in [2.05, 4.69) is 48.8 Å². The Bertz CT molecular complexity index is 508. The SMILES string of the molecule is CNC(C)C(C)(CO)c1ccc2sccc2c1. The summed E-state index contributed by atoms with van der Waals surface area (Å²) in [7, 11) is 1.93. The second kappa shape index (κ2) is 4.77. The summed E-state index contributed by atoms with van der Waals surface area (Å²) in [5.41, 5.74) is 0.943. The molecule has 1 heterocycles. The summed E-state index contributed by atoms with van der Waals surface area (Å²) in [6.07, 6.45) is 0. The van der Waals surface area contributed by atoms with Crippen molar-refractivity contribution in [3.63, 3.8) is 0 Å². The third-order valence-electron chi connectivity index (χ3n) is 3.83. The van der Waals surface area contributed by atoms with E-state index in [-0.39, 0.29) is 18.1 Å². The standard InChI is InChI=1S/C14H19NOS/c1-10(15-3)14(2,9-16)12-4-5-13-11(8-12)6-7-17-13/h4-8,10,15-16H,9H2,1-3H3. The van der Waals surface area contributed by atoms with E-state index in [0.29, 0.717) is 0 Å². The fourth-order valence-electron chi connectivity index (χ4n) is 2.12. The highest BCUT2D eigenvalue weighted by Crippen LogP contribution is 2.31. The molecule has 17 heavy (non-hydrogen) atoms. The van der Waals surface area contributed by atoms with Crippen molar-refractivity contribution >= 4 is 21.4 Å². The zero-order chi connectivity index (χ0) is 12.5. The van der Waals surface area contributed by atoms with Crippen LogP contribution in [0, 0.1) is 0 Å². The minimum Gasteiger partial charge on any atom is -0.395 e. The topological polar surface area (TPSA) is 32.3 Å². The van der Waals surface area contributed by atoms with E-state index in [4.69, 9.17) is 0 Å². The van der Waals surface area contributed by atoms with Gasteiger partial charge >= 0.3 is 0 Å². The van der Waals surface area contributed by atoms with Gasteiger partial charge in [-0.3, -0.25) is 0 Å². The molecule has 1 aromatic carbocycles. The highest BCUT2D eigenvalue weighted by atomic mass is 32.1. The quantitative estimate of drug-likeness (QED) is 0.873. The molecule has 2 aromatic rings. The van der Waals surface area contributed by atoms with Gasteiger partial charge in [0, 0.05) is 16.2 Å².